The van der Waals surface area contributed by atoms with Gasteiger partial charge in [0.2, 0.25) is 6.54 Å². The van der Waals surface area contributed by atoms with E-state index in [1.54, 1.807) is 12.1 Å². The first-order valence-corrected chi connectivity index (χ1v) is 4.88. The number of nitrogens with zero attached hydrogens (tertiary/aromatic N) is 1. The molecule has 1 aromatic rings. The van der Waals surface area contributed by atoms with E-state index in [0.29, 0.717) is 0 Å². The Morgan fingerprint density at radius 2 is 1.87 bits per heavy atom. The van der Waals surface area contributed by atoms with E-state index in [4.69, 9.17) is 0 Å². The van der Waals surface area contributed by atoms with Crippen LogP contribution in [0, 0.1) is 21.8 Å². The number of nitro groups is 1. The van der Waals surface area contributed by atoms with Crippen LogP contribution >= 0.6 is 0 Å². The fraction of sp³-hybridized carbons (Fsp3) is 0.455. The Labute approximate surface area is 88.1 Å². The van der Waals surface area contributed by atoms with Gasteiger partial charge >= 0.3 is 0 Å². The minimum atomic E-state index is -0.325. The summed E-state index contributed by atoms with van der Waals surface area (Å²) < 4.78 is 12.7. The van der Waals surface area contributed by atoms with Crippen LogP contribution in [0.25, 0.3) is 0 Å². The third-order valence-electron chi connectivity index (χ3n) is 2.45. The van der Waals surface area contributed by atoms with Crippen LogP contribution < -0.4 is 0 Å². The van der Waals surface area contributed by atoms with Gasteiger partial charge in [0.25, 0.3) is 0 Å². The number of rotatable bonds is 4. The number of benzene rings is 1. The van der Waals surface area contributed by atoms with Gasteiger partial charge in [-0.15, -0.1) is 0 Å². The maximum Gasteiger partial charge on any atom is 0.210 e. The zero-order valence-electron chi connectivity index (χ0n) is 8.81. The molecule has 0 fully saturated rings. The van der Waals surface area contributed by atoms with E-state index in [9.17, 15) is 14.5 Å². The Morgan fingerprint density at radius 3 is 2.27 bits per heavy atom. The van der Waals surface area contributed by atoms with Crippen molar-refractivity contribution in [2.75, 3.05) is 6.54 Å². The Balaban J connectivity index is 2.88. The van der Waals surface area contributed by atoms with Gasteiger partial charge in [-0.25, -0.2) is 4.39 Å². The van der Waals surface area contributed by atoms with Crippen LogP contribution in [0.15, 0.2) is 24.3 Å². The lowest BCUT2D eigenvalue weighted by Crippen LogP contribution is -2.17. The molecular weight excluding hydrogens is 197 g/mol. The molecule has 0 amide bonds. The molecule has 0 heterocycles. The van der Waals surface area contributed by atoms with E-state index in [1.807, 2.05) is 13.8 Å². The first-order chi connectivity index (χ1) is 7.00. The fourth-order valence-corrected chi connectivity index (χ4v) is 1.57. The van der Waals surface area contributed by atoms with Gasteiger partial charge in [0.1, 0.15) is 5.82 Å². The molecule has 0 spiro atoms. The molecule has 0 N–H and O–H groups in total. The summed E-state index contributed by atoms with van der Waals surface area (Å²) in [4.78, 5) is 10.2. The highest BCUT2D eigenvalue weighted by molar-refractivity contribution is 5.21. The summed E-state index contributed by atoms with van der Waals surface area (Å²) in [6, 6.07) is 5.91. The van der Waals surface area contributed by atoms with E-state index in [1.165, 1.54) is 12.1 Å². The van der Waals surface area contributed by atoms with E-state index < -0.39 is 0 Å². The highest BCUT2D eigenvalue weighted by atomic mass is 19.1. The standard InChI is InChI=1S/C11H14FNO2/c1-8(2)11(7-13(14)15)9-3-5-10(12)6-4-9/h3-6,8,11H,7H2,1-2H3/t11-/m0/s1. The Bertz CT molecular complexity index is 335. The third kappa shape index (κ3) is 3.31. The van der Waals surface area contributed by atoms with Gasteiger partial charge in [-0.1, -0.05) is 26.0 Å². The van der Waals surface area contributed by atoms with Crippen LogP contribution in [-0.2, 0) is 0 Å². The molecule has 0 saturated heterocycles. The lowest BCUT2D eigenvalue weighted by Gasteiger charge is -2.16. The number of hydrogen-bond donors (Lipinski definition) is 0. The predicted octanol–water partition coefficient (Wildman–Crippen LogP) is 2.84. The molecule has 0 saturated carbocycles. The van der Waals surface area contributed by atoms with E-state index >= 15 is 0 Å². The van der Waals surface area contributed by atoms with Gasteiger partial charge in [0, 0.05) is 4.92 Å². The summed E-state index contributed by atoms with van der Waals surface area (Å²) in [5.74, 6) is -0.302. The molecule has 0 aliphatic carbocycles. The van der Waals surface area contributed by atoms with Crippen LogP contribution in [0.4, 0.5) is 4.39 Å². The maximum atomic E-state index is 12.7. The summed E-state index contributed by atoms with van der Waals surface area (Å²) in [6.07, 6.45) is 0. The maximum absolute atomic E-state index is 12.7. The van der Waals surface area contributed by atoms with Gasteiger partial charge in [-0.3, -0.25) is 10.1 Å². The van der Waals surface area contributed by atoms with Gasteiger partial charge in [-0.05, 0) is 23.6 Å². The molecule has 4 heteroatoms. The molecule has 0 bridgehead atoms. The molecule has 0 aromatic heterocycles. The Morgan fingerprint density at radius 1 is 1.33 bits per heavy atom. The van der Waals surface area contributed by atoms with Gasteiger partial charge in [-0.2, -0.15) is 0 Å². The first kappa shape index (κ1) is 11.6. The van der Waals surface area contributed by atoms with Crippen LogP contribution in [-0.4, -0.2) is 11.5 Å². The topological polar surface area (TPSA) is 43.1 Å². The van der Waals surface area contributed by atoms with Crippen molar-refractivity contribution in [1.29, 1.82) is 0 Å². The molecule has 3 nitrogen and oxygen atoms in total. The van der Waals surface area contributed by atoms with Crippen molar-refractivity contribution in [3.63, 3.8) is 0 Å². The summed E-state index contributed by atoms with van der Waals surface area (Å²) in [5.41, 5.74) is 0.822. The lowest BCUT2D eigenvalue weighted by molar-refractivity contribution is -0.484. The predicted molar refractivity (Wildman–Crippen MR) is 55.8 cm³/mol. The molecule has 0 radical (unpaired) electrons. The van der Waals surface area contributed by atoms with E-state index in [0.717, 1.165) is 5.56 Å². The zero-order valence-corrected chi connectivity index (χ0v) is 8.81. The SMILES string of the molecule is CC(C)[C@H](C[N+](=O)[O-])c1ccc(F)cc1. The minimum absolute atomic E-state index is 0.108. The number of halogens is 1. The van der Waals surface area contributed by atoms with Gasteiger partial charge < -0.3 is 0 Å². The first-order valence-electron chi connectivity index (χ1n) is 4.88. The lowest BCUT2D eigenvalue weighted by atomic mass is 9.88. The molecule has 1 atom stereocenters. The van der Waals surface area contributed by atoms with Crippen LogP contribution in [0.2, 0.25) is 0 Å². The van der Waals surface area contributed by atoms with Crippen LogP contribution in [0.1, 0.15) is 25.3 Å². The summed E-state index contributed by atoms with van der Waals surface area (Å²) in [6.45, 7) is 3.75. The zero-order chi connectivity index (χ0) is 11.4. The largest absolute Gasteiger partial charge is 0.265 e. The van der Waals surface area contributed by atoms with Gasteiger partial charge in [0.05, 0.1) is 5.92 Å². The highest BCUT2D eigenvalue weighted by Crippen LogP contribution is 2.24. The van der Waals surface area contributed by atoms with Crippen molar-refractivity contribution >= 4 is 0 Å². The van der Waals surface area contributed by atoms with E-state index in [2.05, 4.69) is 0 Å². The molecular formula is C11H14FNO2. The van der Waals surface area contributed by atoms with Crippen molar-refractivity contribution in [3.8, 4) is 0 Å². The van der Waals surface area contributed by atoms with E-state index in [-0.39, 0.29) is 29.1 Å². The number of hydrogen-bond acceptors (Lipinski definition) is 2. The van der Waals surface area contributed by atoms with Crippen molar-refractivity contribution in [2.24, 2.45) is 5.92 Å². The second-order valence-corrected chi connectivity index (χ2v) is 3.92. The van der Waals surface area contributed by atoms with Crippen molar-refractivity contribution in [3.05, 3.63) is 45.8 Å². The second-order valence-electron chi connectivity index (χ2n) is 3.92. The summed E-state index contributed by atoms with van der Waals surface area (Å²) in [5, 5.41) is 10.5. The quantitative estimate of drug-likeness (QED) is 0.567. The monoisotopic (exact) mass is 211 g/mol. The fourth-order valence-electron chi connectivity index (χ4n) is 1.57. The van der Waals surface area contributed by atoms with Crippen LogP contribution in [0.3, 0.4) is 0 Å². The molecule has 82 valence electrons. The summed E-state index contributed by atoms with van der Waals surface area (Å²) in [7, 11) is 0. The van der Waals surface area contributed by atoms with Gasteiger partial charge in [0.15, 0.2) is 0 Å². The molecule has 0 unspecified atom stereocenters. The minimum Gasteiger partial charge on any atom is -0.265 e. The third-order valence-corrected chi connectivity index (χ3v) is 2.45. The molecule has 0 aliphatic heterocycles. The average Bonchev–Trinajstić information content (AvgIpc) is 2.15. The second kappa shape index (κ2) is 4.87. The van der Waals surface area contributed by atoms with Crippen molar-refractivity contribution < 1.29 is 9.31 Å². The molecule has 15 heavy (non-hydrogen) atoms. The van der Waals surface area contributed by atoms with Crippen LogP contribution in [0.5, 0.6) is 0 Å². The smallest absolute Gasteiger partial charge is 0.210 e. The normalized spacial score (nSPS) is 12.8. The molecule has 0 aliphatic rings. The summed E-state index contributed by atoms with van der Waals surface area (Å²) >= 11 is 0. The average molecular weight is 211 g/mol. The highest BCUT2D eigenvalue weighted by Gasteiger charge is 2.21. The molecule has 1 aromatic carbocycles. The van der Waals surface area contributed by atoms with Crippen molar-refractivity contribution in [2.45, 2.75) is 19.8 Å². The Hall–Kier alpha value is -1.45. The Kier molecular flexibility index (Phi) is 3.77. The van der Waals surface area contributed by atoms with Crippen molar-refractivity contribution in [1.82, 2.24) is 0 Å². The molecule has 1 rings (SSSR count).